The number of ether oxygens (including phenoxy) is 1. The van der Waals surface area contributed by atoms with Crippen LogP contribution in [0.15, 0.2) is 121 Å². The number of rotatable bonds is 24. The van der Waals surface area contributed by atoms with Crippen LogP contribution in [0.25, 0.3) is 22.3 Å². The molecule has 0 bridgehead atoms. The summed E-state index contributed by atoms with van der Waals surface area (Å²) < 4.78 is 5.23. The molecule has 6 aromatic rings. The molecule has 6 aromatic carbocycles. The quantitative estimate of drug-likeness (QED) is 0.0159. The largest absolute Gasteiger partial charge is 1.00 e. The van der Waals surface area contributed by atoms with Crippen LogP contribution in [-0.2, 0) is 49.6 Å². The van der Waals surface area contributed by atoms with Crippen molar-refractivity contribution in [1.29, 1.82) is 10.8 Å². The number of hydrogen-bond donors (Lipinski definition) is 8. The molecular weight excluding hydrogens is 1330 g/mol. The topological polar surface area (TPSA) is 347 Å². The van der Waals surface area contributed by atoms with E-state index >= 15 is 0 Å². The van der Waals surface area contributed by atoms with Crippen LogP contribution in [0.5, 0.6) is 0 Å². The summed E-state index contributed by atoms with van der Waals surface area (Å²) >= 11 is 25.6. The van der Waals surface area contributed by atoms with Gasteiger partial charge < -0.3 is 52.1 Å². The molecule has 0 unspecified atom stereocenters. The molecule has 3 amide bonds. The summed E-state index contributed by atoms with van der Waals surface area (Å²) in [7, 11) is 0. The smallest absolute Gasteiger partial charge is 0.870 e. The van der Waals surface area contributed by atoms with E-state index in [0.29, 0.717) is 25.1 Å². The van der Waals surface area contributed by atoms with E-state index in [1.807, 2.05) is 91.0 Å². The molecule has 0 radical (unpaired) electrons. The Labute approximate surface area is 600 Å². The number of hydrogen-bond acceptors (Lipinski definition) is 13. The van der Waals surface area contributed by atoms with Gasteiger partial charge in [-0.05, 0) is 140 Å². The normalized spacial score (nSPS) is 12.4. The number of Topliss-reactive ketones (excluding diaryl/α,β-unsaturated/α-hetero) is 2. The van der Waals surface area contributed by atoms with Gasteiger partial charge in [0.15, 0.2) is 0 Å². The third-order valence-corrected chi connectivity index (χ3v) is 16.1. The molecule has 12 N–H and O–H groups in total. The number of nitrogens with zero attached hydrogens (tertiary/aromatic N) is 2. The zero-order valence-electron chi connectivity index (χ0n) is 52.6. The second-order valence-electron chi connectivity index (χ2n) is 22.8. The number of fused-ring (bicyclic) bond motifs is 2. The Balaban J connectivity index is 0.000000902. The van der Waals surface area contributed by atoms with Gasteiger partial charge >= 0.3 is 36.9 Å². The van der Waals surface area contributed by atoms with Gasteiger partial charge in [0, 0.05) is 76.1 Å². The summed E-state index contributed by atoms with van der Waals surface area (Å²) in [5.41, 5.74) is 14.1. The molecule has 0 spiro atoms. The van der Waals surface area contributed by atoms with Gasteiger partial charge in [0.1, 0.15) is 35.1 Å². The summed E-state index contributed by atoms with van der Waals surface area (Å²) in [5, 5.41) is 43.1. The number of carboxylic acids is 2. The molecule has 0 fully saturated rings. The van der Waals surface area contributed by atoms with Crippen molar-refractivity contribution in [3.05, 3.63) is 175 Å². The van der Waals surface area contributed by atoms with Gasteiger partial charge in [-0.25, -0.2) is 14.4 Å². The molecule has 0 aromatic heterocycles. The summed E-state index contributed by atoms with van der Waals surface area (Å²) in [6.45, 7) is 7.74. The fraction of sp³-hybridized carbons (Fsp3) is 0.338. The second-order valence-corrected chi connectivity index (χ2v) is 24.5. The molecule has 0 aliphatic carbocycles. The summed E-state index contributed by atoms with van der Waals surface area (Å²) in [6.07, 6.45) is 3.86. The zero-order valence-corrected chi connectivity index (χ0v) is 57.6. The number of aliphatic carboxylic acids is 2. The van der Waals surface area contributed by atoms with Gasteiger partial charge in [0.2, 0.25) is 0 Å². The molecule has 0 saturated carbocycles. The van der Waals surface area contributed by atoms with Crippen molar-refractivity contribution in [2.24, 2.45) is 5.73 Å². The Morgan fingerprint density at radius 2 is 0.947 bits per heavy atom. The van der Waals surface area contributed by atoms with Crippen molar-refractivity contribution in [3.8, 4) is 22.3 Å². The molecule has 2 heterocycles. The number of carbonyl (C=O) groups is 7. The van der Waals surface area contributed by atoms with Gasteiger partial charge in [0.05, 0.1) is 37.1 Å². The van der Waals surface area contributed by atoms with Crippen molar-refractivity contribution in [2.45, 2.75) is 123 Å². The molecule has 8 rings (SSSR count). The minimum atomic E-state index is -1.31. The van der Waals surface area contributed by atoms with E-state index in [-0.39, 0.29) is 164 Å². The van der Waals surface area contributed by atoms with Gasteiger partial charge in [-0.1, -0.05) is 139 Å². The number of ketones is 2. The first kappa shape index (κ1) is 85.9. The van der Waals surface area contributed by atoms with E-state index in [1.165, 1.54) is 5.56 Å². The second kappa shape index (κ2) is 40.5. The number of nitrogens with one attached hydrogen (secondary N) is 5. The number of benzene rings is 6. The van der Waals surface area contributed by atoms with Crippen molar-refractivity contribution < 1.29 is 78.3 Å². The average molecular weight is 1420 g/mol. The van der Waals surface area contributed by atoms with E-state index < -0.39 is 47.5 Å². The Kier molecular flexibility index (Phi) is 36.6. The molecule has 0 saturated heterocycles. The van der Waals surface area contributed by atoms with E-state index in [4.69, 9.17) is 67.7 Å². The molecule has 2 aliphatic heterocycles. The molecule has 2 atom stereocenters. The Morgan fingerprint density at radius 1 is 0.579 bits per heavy atom. The van der Waals surface area contributed by atoms with Crippen LogP contribution in [-0.4, -0.2) is 118 Å². The van der Waals surface area contributed by atoms with E-state index in [2.05, 4.69) is 31.8 Å². The number of nitrogens with two attached hydrogens (primary N) is 1. The van der Waals surface area contributed by atoms with E-state index in [9.17, 15) is 43.8 Å². The first-order valence-electron chi connectivity index (χ1n) is 29.2. The summed E-state index contributed by atoms with van der Waals surface area (Å²) in [6, 6.07) is 34.5. The maximum absolute atomic E-state index is 13.1. The summed E-state index contributed by atoms with van der Waals surface area (Å²) in [4.78, 5) is 92.0. The van der Waals surface area contributed by atoms with Gasteiger partial charge in [-0.15, -0.1) is 0 Å². The van der Waals surface area contributed by atoms with Crippen LogP contribution in [0.3, 0.4) is 0 Å². The number of alkyl carbamates (subject to hydrolysis) is 1. The molecule has 20 nitrogen and oxygen atoms in total. The first-order valence-corrected chi connectivity index (χ1v) is 30.7. The first-order chi connectivity index (χ1) is 42.3. The van der Waals surface area contributed by atoms with Gasteiger partial charge in [-0.2, -0.15) is 27.0 Å². The molecule has 508 valence electrons. The van der Waals surface area contributed by atoms with Crippen molar-refractivity contribution in [2.75, 3.05) is 36.0 Å². The van der Waals surface area contributed by atoms with E-state index in [0.717, 1.165) is 83.5 Å². The monoisotopic (exact) mass is 1410 g/mol. The maximum Gasteiger partial charge on any atom is 1.00 e. The average Bonchev–Trinajstić information content (AvgIpc) is 0.840. The van der Waals surface area contributed by atoms with Crippen molar-refractivity contribution >= 4 is 138 Å². The van der Waals surface area contributed by atoms with Crippen LogP contribution in [0.4, 0.5) is 16.2 Å². The predicted octanol–water partition coefficient (Wildman–Crippen LogP) is 9.46. The minimum absolute atomic E-state index is 0. The van der Waals surface area contributed by atoms with Crippen molar-refractivity contribution in [1.82, 2.24) is 16.0 Å². The number of amidine groups is 2. The summed E-state index contributed by atoms with van der Waals surface area (Å²) in [5.74, 6) is -4.10. The number of carboxylic acid groups (broad SMARTS) is 2. The fourth-order valence-corrected chi connectivity index (χ4v) is 11.8. The maximum atomic E-state index is 13.1. The molecular formula is C68H83Cl4LiN8O12S2. The number of aryl methyl sites for hydroxylation is 2. The fourth-order valence-electron chi connectivity index (χ4n) is 10.5. The SMILES string of the molecule is C.CC(C)(C)OC(=O)NC(=N)Cc1ccc2c(c1)N(CCC(=O)CC[C@H](NC(=O)c1c(Cl)cc(-c3ccccc3)cc1Cl)C(=O)O)CCC2.N=C(N)Cc1ccc2c(c1)N(CCC(=O)CC[C@H](NC(=O)c1c(Cl)cc(-c3ccccc3)cc1Cl)C(=O)O)CCC2.O.S.S.[Li+].[OH-]. The van der Waals surface area contributed by atoms with Crippen LogP contribution in [0.1, 0.15) is 123 Å². The van der Waals surface area contributed by atoms with Gasteiger partial charge in [0.25, 0.3) is 11.8 Å². The Bertz CT molecular complexity index is 3600. The van der Waals surface area contributed by atoms with Crippen LogP contribution < -0.4 is 50.3 Å². The van der Waals surface area contributed by atoms with E-state index in [1.54, 1.807) is 45.0 Å². The third kappa shape index (κ3) is 25.8. The zero-order chi connectivity index (χ0) is 64.5. The molecule has 95 heavy (non-hydrogen) atoms. The van der Waals surface area contributed by atoms with Crippen LogP contribution in [0, 0.1) is 10.8 Å². The van der Waals surface area contributed by atoms with Crippen LogP contribution in [0.2, 0.25) is 20.1 Å². The van der Waals surface area contributed by atoms with Crippen LogP contribution >= 0.6 is 73.4 Å². The number of amides is 3. The predicted molar refractivity (Wildman–Crippen MR) is 383 cm³/mol. The number of anilines is 2. The number of halogens is 4. The third-order valence-electron chi connectivity index (χ3n) is 14.9. The number of carbonyl (C=O) groups excluding carboxylic acids is 5. The van der Waals surface area contributed by atoms with Gasteiger partial charge in [-0.3, -0.25) is 35.3 Å². The molecule has 2 aliphatic rings. The minimum Gasteiger partial charge on any atom is -0.870 e. The Hall–Kier alpha value is -7.07. The standard InChI is InChI=1S/C36H40Cl2N4O6.C31H32Cl2N4O4.CH4.Li.2H2O.2H2S/c1-36(2,3)48-35(47)41-31(39)19-22-11-12-24-10-7-16-42(30(24)18-22)17-15-26(43)13-14-29(34(45)46)40-33(44)32-27(37)20-25(21-28(32)38)23-8-5-4-6-9-23;32-24-17-22(20-5-2-1-3-6-20)18-25(33)29(24)30(39)36-26(31(40)41)11-10-23(38)12-14-37-13-4-7-21-9-8-19(15-27(21)37)16-28(34)35;;;;;;/h4-6,8-9,11-12,18,20-21,29H,7,10,13-17,19H2,1-3H3,(H,40,44)(H,45,46)(H2,39,41,47);1-3,5-6,8-9,15,17-18,26H,4,7,10-14,16H2,(H3,34,35)(H,36,39)(H,40,41);1H4;;4*1H2/q;;;+1;;;;/p-1/t29-;26-;;;;;;/m00....../s1. The molecule has 27 heteroatoms. The van der Waals surface area contributed by atoms with Crippen molar-refractivity contribution in [3.63, 3.8) is 0 Å². The Morgan fingerprint density at radius 3 is 1.29 bits per heavy atom.